The van der Waals surface area contributed by atoms with Crippen LogP contribution in [0.1, 0.15) is 17.2 Å². The Bertz CT molecular complexity index is 592. The summed E-state index contributed by atoms with van der Waals surface area (Å²) in [6, 6.07) is 12.2. The molecule has 2 rings (SSSR count). The second-order valence-electron chi connectivity index (χ2n) is 4.41. The molecule has 0 fully saturated rings. The first-order valence-corrected chi connectivity index (χ1v) is 6.56. The number of ether oxygens (including phenoxy) is 1. The quantitative estimate of drug-likeness (QED) is 0.657. The molecule has 0 aliphatic heterocycles. The number of nitrogens with two attached hydrogens (primary N) is 1. The van der Waals surface area contributed by atoms with E-state index >= 15 is 0 Å². The van der Waals surface area contributed by atoms with Crippen LogP contribution in [0.4, 0.5) is 4.39 Å². The van der Waals surface area contributed by atoms with E-state index in [1.807, 2.05) is 24.3 Å². The van der Waals surface area contributed by atoms with Crippen LogP contribution in [0.2, 0.25) is 5.02 Å². The summed E-state index contributed by atoms with van der Waals surface area (Å²) in [6.07, 6.45) is 0.533. The third-order valence-electron chi connectivity index (χ3n) is 3.14. The van der Waals surface area contributed by atoms with Crippen molar-refractivity contribution in [3.05, 3.63) is 64.4 Å². The van der Waals surface area contributed by atoms with Crippen LogP contribution in [0.5, 0.6) is 5.75 Å². The Kier molecular flexibility index (Phi) is 4.95. The largest absolute Gasteiger partial charge is 0.496 e. The van der Waals surface area contributed by atoms with Crippen molar-refractivity contribution in [3.8, 4) is 5.75 Å². The number of benzene rings is 2. The molecule has 3 N–H and O–H groups in total. The van der Waals surface area contributed by atoms with E-state index in [1.54, 1.807) is 19.2 Å². The zero-order valence-corrected chi connectivity index (χ0v) is 11.8. The molecule has 0 spiro atoms. The van der Waals surface area contributed by atoms with Crippen LogP contribution < -0.4 is 16.0 Å². The van der Waals surface area contributed by atoms with Crippen molar-refractivity contribution in [2.75, 3.05) is 7.11 Å². The summed E-state index contributed by atoms with van der Waals surface area (Å²) >= 11 is 5.68. The number of halogens is 2. The smallest absolute Gasteiger partial charge is 0.142 e. The van der Waals surface area contributed by atoms with E-state index in [9.17, 15) is 4.39 Å². The Morgan fingerprint density at radius 2 is 2.05 bits per heavy atom. The number of nitrogens with one attached hydrogen (secondary N) is 1. The highest BCUT2D eigenvalue weighted by atomic mass is 35.5. The van der Waals surface area contributed by atoms with Gasteiger partial charge in [0.25, 0.3) is 0 Å². The molecule has 2 aromatic carbocycles. The molecule has 3 nitrogen and oxygen atoms in total. The number of rotatable bonds is 5. The van der Waals surface area contributed by atoms with Gasteiger partial charge >= 0.3 is 0 Å². The minimum Gasteiger partial charge on any atom is -0.496 e. The Morgan fingerprint density at radius 1 is 1.30 bits per heavy atom. The minimum atomic E-state index is -0.431. The highest BCUT2D eigenvalue weighted by molar-refractivity contribution is 6.30. The molecule has 0 heterocycles. The number of methoxy groups -OCH3 is 1. The maximum atomic E-state index is 13.5. The van der Waals surface area contributed by atoms with Crippen LogP contribution >= 0.6 is 11.6 Å². The molecular weight excluding hydrogens is 279 g/mol. The maximum Gasteiger partial charge on any atom is 0.142 e. The predicted octanol–water partition coefficient (Wildman–Crippen LogP) is 3.23. The number of hydrazine groups is 1. The second kappa shape index (κ2) is 6.70. The van der Waals surface area contributed by atoms with Gasteiger partial charge in [0.15, 0.2) is 0 Å². The summed E-state index contributed by atoms with van der Waals surface area (Å²) in [5.41, 5.74) is 4.47. The van der Waals surface area contributed by atoms with Gasteiger partial charge in [0.1, 0.15) is 11.6 Å². The van der Waals surface area contributed by atoms with Crippen LogP contribution in [0.25, 0.3) is 0 Å². The third kappa shape index (κ3) is 3.28. The normalized spacial score (nSPS) is 12.2. The molecule has 0 saturated carbocycles. The Balaban J connectivity index is 2.26. The number of hydrogen-bond acceptors (Lipinski definition) is 3. The lowest BCUT2D eigenvalue weighted by atomic mass is 9.98. The molecule has 0 aromatic heterocycles. The minimum absolute atomic E-state index is 0.114. The molecule has 0 aliphatic rings. The molecule has 20 heavy (non-hydrogen) atoms. The molecular formula is C15H16ClFN2O. The van der Waals surface area contributed by atoms with Gasteiger partial charge in [0, 0.05) is 5.56 Å². The van der Waals surface area contributed by atoms with Crippen molar-refractivity contribution >= 4 is 11.6 Å². The summed E-state index contributed by atoms with van der Waals surface area (Å²) < 4.78 is 18.8. The Labute approximate surface area is 122 Å². The highest BCUT2D eigenvalue weighted by Crippen LogP contribution is 2.27. The Hall–Kier alpha value is -1.62. The first kappa shape index (κ1) is 14.8. The van der Waals surface area contributed by atoms with Gasteiger partial charge in [-0.15, -0.1) is 0 Å². The fraction of sp³-hybridized carbons (Fsp3) is 0.200. The van der Waals surface area contributed by atoms with E-state index in [-0.39, 0.29) is 11.1 Å². The highest BCUT2D eigenvalue weighted by Gasteiger charge is 2.15. The van der Waals surface area contributed by atoms with Crippen molar-refractivity contribution in [2.24, 2.45) is 5.84 Å². The van der Waals surface area contributed by atoms with Gasteiger partial charge in [-0.1, -0.05) is 35.9 Å². The summed E-state index contributed by atoms with van der Waals surface area (Å²) in [5.74, 6) is 5.93. The van der Waals surface area contributed by atoms with Crippen LogP contribution in [-0.4, -0.2) is 7.11 Å². The summed E-state index contributed by atoms with van der Waals surface area (Å²) in [6.45, 7) is 0. The fourth-order valence-corrected chi connectivity index (χ4v) is 2.23. The summed E-state index contributed by atoms with van der Waals surface area (Å²) in [7, 11) is 1.61. The third-order valence-corrected chi connectivity index (χ3v) is 3.45. The molecule has 0 bridgehead atoms. The van der Waals surface area contributed by atoms with Crippen molar-refractivity contribution in [1.29, 1.82) is 0 Å². The first-order valence-electron chi connectivity index (χ1n) is 6.18. The molecule has 0 aliphatic carbocycles. The lowest BCUT2D eigenvalue weighted by Crippen LogP contribution is -2.29. The van der Waals surface area contributed by atoms with Crippen molar-refractivity contribution in [1.82, 2.24) is 5.43 Å². The van der Waals surface area contributed by atoms with Crippen LogP contribution in [0.15, 0.2) is 42.5 Å². The lowest BCUT2D eigenvalue weighted by molar-refractivity contribution is 0.399. The summed E-state index contributed by atoms with van der Waals surface area (Å²) in [4.78, 5) is 0. The average Bonchev–Trinajstić information content (AvgIpc) is 2.48. The van der Waals surface area contributed by atoms with Crippen molar-refractivity contribution < 1.29 is 9.13 Å². The van der Waals surface area contributed by atoms with Crippen LogP contribution in [0.3, 0.4) is 0 Å². The zero-order valence-electron chi connectivity index (χ0n) is 11.1. The standard InChI is InChI=1S/C15H16ClFN2O/c1-20-15-5-3-2-4-11(15)14(19-18)9-10-6-7-12(16)13(17)8-10/h2-8,14,19H,9,18H2,1H3. The van der Waals surface area contributed by atoms with E-state index in [4.69, 9.17) is 22.2 Å². The van der Waals surface area contributed by atoms with Gasteiger partial charge in [-0.2, -0.15) is 0 Å². The van der Waals surface area contributed by atoms with E-state index < -0.39 is 5.82 Å². The van der Waals surface area contributed by atoms with E-state index in [2.05, 4.69) is 5.43 Å². The van der Waals surface area contributed by atoms with Crippen LogP contribution in [0, 0.1) is 5.82 Å². The van der Waals surface area contributed by atoms with E-state index in [0.717, 1.165) is 16.9 Å². The fourth-order valence-electron chi connectivity index (χ4n) is 2.12. The van der Waals surface area contributed by atoms with Crippen molar-refractivity contribution in [2.45, 2.75) is 12.5 Å². The zero-order chi connectivity index (χ0) is 14.5. The number of para-hydroxylation sites is 1. The SMILES string of the molecule is COc1ccccc1C(Cc1ccc(Cl)c(F)c1)NN. The van der Waals surface area contributed by atoms with Crippen molar-refractivity contribution in [3.63, 3.8) is 0 Å². The van der Waals surface area contributed by atoms with Crippen LogP contribution in [-0.2, 0) is 6.42 Å². The summed E-state index contributed by atoms with van der Waals surface area (Å²) in [5, 5.41) is 0.114. The number of hydrogen-bond donors (Lipinski definition) is 2. The first-order chi connectivity index (χ1) is 9.65. The molecule has 0 radical (unpaired) electrons. The van der Waals surface area contributed by atoms with Gasteiger partial charge in [0.2, 0.25) is 0 Å². The molecule has 0 amide bonds. The molecule has 5 heteroatoms. The van der Waals surface area contributed by atoms with E-state index in [0.29, 0.717) is 6.42 Å². The molecule has 1 atom stereocenters. The average molecular weight is 295 g/mol. The molecule has 2 aromatic rings. The molecule has 106 valence electrons. The Morgan fingerprint density at radius 3 is 2.70 bits per heavy atom. The van der Waals surface area contributed by atoms with Gasteiger partial charge in [-0.25, -0.2) is 4.39 Å². The van der Waals surface area contributed by atoms with Gasteiger partial charge in [-0.05, 0) is 30.2 Å². The monoisotopic (exact) mass is 294 g/mol. The maximum absolute atomic E-state index is 13.5. The lowest BCUT2D eigenvalue weighted by Gasteiger charge is -2.19. The second-order valence-corrected chi connectivity index (χ2v) is 4.82. The topological polar surface area (TPSA) is 47.3 Å². The van der Waals surface area contributed by atoms with Gasteiger partial charge in [-0.3, -0.25) is 11.3 Å². The molecule has 1 unspecified atom stereocenters. The molecule has 0 saturated heterocycles. The predicted molar refractivity (Wildman–Crippen MR) is 78.2 cm³/mol. The van der Waals surface area contributed by atoms with Gasteiger partial charge in [0.05, 0.1) is 18.2 Å². The van der Waals surface area contributed by atoms with Gasteiger partial charge < -0.3 is 4.74 Å². The van der Waals surface area contributed by atoms with E-state index in [1.165, 1.54) is 6.07 Å².